The van der Waals surface area contributed by atoms with Crippen molar-refractivity contribution in [2.24, 2.45) is 0 Å². The first-order chi connectivity index (χ1) is 21.3. The Morgan fingerprint density at radius 1 is 0.326 bits per heavy atom. The van der Waals surface area contributed by atoms with E-state index in [-0.39, 0.29) is 0 Å². The van der Waals surface area contributed by atoms with Crippen LogP contribution in [0.1, 0.15) is 0 Å². The molecule has 0 amide bonds. The molecule has 0 radical (unpaired) electrons. The summed E-state index contributed by atoms with van der Waals surface area (Å²) in [6.45, 7) is 0. The number of hydrogen-bond acceptors (Lipinski definition) is 3. The van der Waals surface area contributed by atoms with E-state index in [4.69, 9.17) is 15.0 Å². The van der Waals surface area contributed by atoms with Crippen LogP contribution in [0.5, 0.6) is 0 Å². The first-order valence-electron chi connectivity index (χ1n) is 14.5. The molecule has 4 heteroatoms. The van der Waals surface area contributed by atoms with Crippen molar-refractivity contribution in [1.29, 1.82) is 0 Å². The second-order valence-electron chi connectivity index (χ2n) is 10.9. The molecule has 0 aliphatic carbocycles. The zero-order chi connectivity index (χ0) is 28.3. The van der Waals surface area contributed by atoms with Crippen molar-refractivity contribution in [3.8, 4) is 28.7 Å². The standard InChI is InChI=1S/C39H24N4/c1-3-13-25(14-4-1)37-40-38(26-15-5-2-6-16-26)42-39(41-37)43-35-22-12-11-21-31(35)34-23-32-29-19-9-7-17-27(29)28-18-8-10-20-30(28)33(32)24-36(34)43/h1-24H. The maximum Gasteiger partial charge on any atom is 0.238 e. The van der Waals surface area contributed by atoms with Crippen molar-refractivity contribution >= 4 is 54.1 Å². The van der Waals surface area contributed by atoms with Gasteiger partial charge in [-0.15, -0.1) is 0 Å². The summed E-state index contributed by atoms with van der Waals surface area (Å²) in [4.78, 5) is 15.1. The third kappa shape index (κ3) is 3.67. The van der Waals surface area contributed by atoms with Crippen LogP contribution in [-0.2, 0) is 0 Å². The second-order valence-corrected chi connectivity index (χ2v) is 10.9. The summed E-state index contributed by atoms with van der Waals surface area (Å²) in [5.41, 5.74) is 4.03. The van der Waals surface area contributed by atoms with Gasteiger partial charge in [0.15, 0.2) is 11.6 Å². The molecule has 7 aromatic carbocycles. The minimum absolute atomic E-state index is 0.600. The van der Waals surface area contributed by atoms with Gasteiger partial charge in [-0.3, -0.25) is 4.57 Å². The summed E-state index contributed by atoms with van der Waals surface area (Å²) < 4.78 is 2.20. The van der Waals surface area contributed by atoms with Crippen LogP contribution in [0.4, 0.5) is 0 Å². The van der Waals surface area contributed by atoms with Gasteiger partial charge in [-0.05, 0) is 50.5 Å². The summed E-state index contributed by atoms with van der Waals surface area (Å²) in [7, 11) is 0. The van der Waals surface area contributed by atoms with E-state index in [0.717, 1.165) is 22.2 Å². The first kappa shape index (κ1) is 23.8. The lowest BCUT2D eigenvalue weighted by molar-refractivity contribution is 0.954. The molecule has 0 spiro atoms. The second kappa shape index (κ2) is 9.33. The van der Waals surface area contributed by atoms with Gasteiger partial charge in [0.25, 0.3) is 0 Å². The zero-order valence-corrected chi connectivity index (χ0v) is 23.1. The number of nitrogens with zero attached hydrogens (tertiary/aromatic N) is 4. The molecule has 200 valence electrons. The average molecular weight is 549 g/mol. The van der Waals surface area contributed by atoms with Gasteiger partial charge in [0.05, 0.1) is 11.0 Å². The lowest BCUT2D eigenvalue weighted by atomic mass is 9.93. The fraction of sp³-hybridized carbons (Fsp3) is 0. The maximum atomic E-state index is 5.10. The van der Waals surface area contributed by atoms with Gasteiger partial charge in [0.2, 0.25) is 5.95 Å². The molecule has 2 heterocycles. The number of rotatable bonds is 3. The summed E-state index contributed by atoms with van der Waals surface area (Å²) >= 11 is 0. The Hall–Kier alpha value is -5.87. The van der Waals surface area contributed by atoms with Crippen molar-refractivity contribution < 1.29 is 0 Å². The van der Waals surface area contributed by atoms with E-state index < -0.39 is 0 Å². The van der Waals surface area contributed by atoms with Crippen molar-refractivity contribution in [1.82, 2.24) is 19.5 Å². The van der Waals surface area contributed by atoms with Gasteiger partial charge >= 0.3 is 0 Å². The van der Waals surface area contributed by atoms with E-state index in [1.807, 2.05) is 60.7 Å². The van der Waals surface area contributed by atoms with Crippen LogP contribution in [0.2, 0.25) is 0 Å². The normalized spacial score (nSPS) is 11.7. The van der Waals surface area contributed by atoms with E-state index in [1.54, 1.807) is 0 Å². The Morgan fingerprint density at radius 2 is 0.767 bits per heavy atom. The minimum atomic E-state index is 0.600. The monoisotopic (exact) mass is 548 g/mol. The van der Waals surface area contributed by atoms with E-state index in [1.165, 1.54) is 43.1 Å². The van der Waals surface area contributed by atoms with Crippen molar-refractivity contribution in [3.05, 3.63) is 146 Å². The van der Waals surface area contributed by atoms with E-state index in [2.05, 4.69) is 89.5 Å². The molecule has 0 unspecified atom stereocenters. The molecule has 0 aliphatic heterocycles. The predicted molar refractivity (Wildman–Crippen MR) is 178 cm³/mol. The molecule has 9 aromatic rings. The summed E-state index contributed by atoms with van der Waals surface area (Å²) in [5, 5.41) is 9.82. The van der Waals surface area contributed by atoms with Crippen LogP contribution in [0.15, 0.2) is 146 Å². The maximum absolute atomic E-state index is 5.10. The zero-order valence-electron chi connectivity index (χ0n) is 23.1. The molecule has 4 nitrogen and oxygen atoms in total. The van der Waals surface area contributed by atoms with Crippen LogP contribution in [-0.4, -0.2) is 19.5 Å². The number of benzene rings is 7. The first-order valence-corrected chi connectivity index (χ1v) is 14.5. The highest BCUT2D eigenvalue weighted by Crippen LogP contribution is 2.40. The minimum Gasteiger partial charge on any atom is -0.278 e. The van der Waals surface area contributed by atoms with Crippen molar-refractivity contribution in [2.75, 3.05) is 0 Å². The molecule has 0 saturated heterocycles. The molecule has 0 aliphatic rings. The fourth-order valence-electron chi connectivity index (χ4n) is 6.48. The van der Waals surface area contributed by atoms with Crippen molar-refractivity contribution in [3.63, 3.8) is 0 Å². The Bertz CT molecular complexity index is 2440. The van der Waals surface area contributed by atoms with Crippen LogP contribution in [0.3, 0.4) is 0 Å². The summed E-state index contributed by atoms with van der Waals surface area (Å²) in [5.74, 6) is 1.89. The van der Waals surface area contributed by atoms with E-state index >= 15 is 0 Å². The highest BCUT2D eigenvalue weighted by atomic mass is 15.2. The number of para-hydroxylation sites is 1. The third-order valence-electron chi connectivity index (χ3n) is 8.42. The van der Waals surface area contributed by atoms with Crippen LogP contribution < -0.4 is 0 Å². The summed E-state index contributed by atoms with van der Waals surface area (Å²) in [6.07, 6.45) is 0. The molecule has 9 rings (SSSR count). The Balaban J connectivity index is 1.43. The Kier molecular flexibility index (Phi) is 5.16. The van der Waals surface area contributed by atoms with Gasteiger partial charge in [-0.2, -0.15) is 9.97 Å². The molecule has 0 saturated carbocycles. The smallest absolute Gasteiger partial charge is 0.238 e. The lowest BCUT2D eigenvalue weighted by Gasteiger charge is -2.13. The predicted octanol–water partition coefficient (Wildman–Crippen LogP) is 9.76. The molecule has 43 heavy (non-hydrogen) atoms. The van der Waals surface area contributed by atoms with Crippen molar-refractivity contribution in [2.45, 2.75) is 0 Å². The highest BCUT2D eigenvalue weighted by molar-refractivity contribution is 6.28. The van der Waals surface area contributed by atoms with Crippen LogP contribution >= 0.6 is 0 Å². The van der Waals surface area contributed by atoms with Gasteiger partial charge in [0, 0.05) is 21.9 Å². The summed E-state index contributed by atoms with van der Waals surface area (Å²) in [6, 6.07) is 50.9. The third-order valence-corrected chi connectivity index (χ3v) is 8.42. The largest absolute Gasteiger partial charge is 0.278 e. The topological polar surface area (TPSA) is 43.6 Å². The quantitative estimate of drug-likeness (QED) is 0.206. The molecule has 0 bridgehead atoms. The lowest BCUT2D eigenvalue weighted by Crippen LogP contribution is -2.06. The fourth-order valence-corrected chi connectivity index (χ4v) is 6.48. The Morgan fingerprint density at radius 3 is 1.33 bits per heavy atom. The average Bonchev–Trinajstić information content (AvgIpc) is 3.41. The molecular formula is C39H24N4. The molecule has 2 aromatic heterocycles. The van der Waals surface area contributed by atoms with Gasteiger partial charge in [-0.25, -0.2) is 4.98 Å². The SMILES string of the molecule is c1ccc(-c2nc(-c3ccccc3)nc(-n3c4ccccc4c4cc5c6ccccc6c6ccccc6c5cc43)n2)cc1. The van der Waals surface area contributed by atoms with E-state index in [9.17, 15) is 0 Å². The highest BCUT2D eigenvalue weighted by Gasteiger charge is 2.19. The molecule has 0 atom stereocenters. The van der Waals surface area contributed by atoms with Gasteiger partial charge < -0.3 is 0 Å². The molecular weight excluding hydrogens is 524 g/mol. The van der Waals surface area contributed by atoms with Crippen LogP contribution in [0, 0.1) is 0 Å². The number of fused-ring (bicyclic) bond motifs is 9. The molecule has 0 fully saturated rings. The molecule has 0 N–H and O–H groups in total. The number of hydrogen-bond donors (Lipinski definition) is 0. The van der Waals surface area contributed by atoms with Crippen LogP contribution in [0.25, 0.3) is 82.8 Å². The van der Waals surface area contributed by atoms with E-state index in [0.29, 0.717) is 17.6 Å². The van der Waals surface area contributed by atoms with Gasteiger partial charge in [-0.1, -0.05) is 127 Å². The van der Waals surface area contributed by atoms with Gasteiger partial charge in [0.1, 0.15) is 0 Å². The number of aromatic nitrogens is 4. The Labute approximate surface area is 247 Å².